The minimum atomic E-state index is -0.455. The summed E-state index contributed by atoms with van der Waals surface area (Å²) in [4.78, 5) is 45.6. The van der Waals surface area contributed by atoms with Gasteiger partial charge in [-0.3, -0.25) is 4.79 Å². The number of urea groups is 1. The average Bonchev–Trinajstić information content (AvgIpc) is 3.44. The van der Waals surface area contributed by atoms with Gasteiger partial charge in [0.25, 0.3) is 0 Å². The Morgan fingerprint density at radius 3 is 2.35 bits per heavy atom. The minimum Gasteiger partial charge on any atom is -0.496 e. The highest BCUT2D eigenvalue weighted by molar-refractivity contribution is 5.94. The van der Waals surface area contributed by atoms with Gasteiger partial charge in [-0.15, -0.1) is 0 Å². The van der Waals surface area contributed by atoms with E-state index in [4.69, 9.17) is 14.2 Å². The highest BCUT2D eigenvalue weighted by Crippen LogP contribution is 2.22. The second-order valence-corrected chi connectivity index (χ2v) is 9.88. The maximum absolute atomic E-state index is 13.8. The number of carbonyl (C=O) groups is 3. The summed E-state index contributed by atoms with van der Waals surface area (Å²) in [7, 11) is 3.15. The van der Waals surface area contributed by atoms with Crippen molar-refractivity contribution in [2.24, 2.45) is 0 Å². The Morgan fingerprint density at radius 2 is 1.60 bits per heavy atom. The number of methoxy groups -OCH3 is 2. The van der Waals surface area contributed by atoms with E-state index in [-0.39, 0.29) is 32.2 Å². The largest absolute Gasteiger partial charge is 0.496 e. The topological polar surface area (TPSA) is 113 Å². The van der Waals surface area contributed by atoms with Gasteiger partial charge in [-0.1, -0.05) is 36.4 Å². The molecule has 4 aromatic rings. The Labute approximate surface area is 251 Å². The Bertz CT molecular complexity index is 1520. The van der Waals surface area contributed by atoms with Crippen LogP contribution in [0.2, 0.25) is 0 Å². The molecule has 3 amide bonds. The van der Waals surface area contributed by atoms with Crippen molar-refractivity contribution in [1.29, 1.82) is 0 Å². The number of aromatic nitrogens is 1. The summed E-state index contributed by atoms with van der Waals surface area (Å²) in [6.45, 7) is 3.08. The number of hydrogen-bond acceptors (Lipinski definition) is 6. The van der Waals surface area contributed by atoms with Gasteiger partial charge in [0.1, 0.15) is 12.3 Å². The number of para-hydroxylation sites is 2. The first kappa shape index (κ1) is 31.1. The third-order valence-corrected chi connectivity index (χ3v) is 7.06. The zero-order valence-electron chi connectivity index (χ0n) is 24.8. The van der Waals surface area contributed by atoms with Gasteiger partial charge in [0.05, 0.1) is 25.9 Å². The van der Waals surface area contributed by atoms with Gasteiger partial charge in [0, 0.05) is 55.1 Å². The van der Waals surface area contributed by atoms with Crippen molar-refractivity contribution in [2.75, 3.05) is 52.4 Å². The van der Waals surface area contributed by atoms with Crippen LogP contribution in [0.15, 0.2) is 79.0 Å². The zero-order chi connectivity index (χ0) is 30.6. The summed E-state index contributed by atoms with van der Waals surface area (Å²) in [6, 6.07) is 21.6. The van der Waals surface area contributed by atoms with Crippen LogP contribution in [0.3, 0.4) is 0 Å². The lowest BCUT2D eigenvalue weighted by molar-refractivity contribution is -0.132. The molecule has 0 saturated carbocycles. The second kappa shape index (κ2) is 15.4. The number of anilines is 1. The number of ether oxygens (including phenoxy) is 3. The quantitative estimate of drug-likeness (QED) is 0.199. The molecule has 226 valence electrons. The predicted molar refractivity (Wildman–Crippen MR) is 165 cm³/mol. The monoisotopic (exact) mass is 586 g/mol. The number of H-pyrrole nitrogens is 1. The van der Waals surface area contributed by atoms with E-state index >= 15 is 0 Å². The molecule has 10 heteroatoms. The van der Waals surface area contributed by atoms with Gasteiger partial charge >= 0.3 is 12.0 Å². The molecule has 1 aromatic heterocycles. The van der Waals surface area contributed by atoms with Gasteiger partial charge in [-0.25, -0.2) is 9.59 Å². The summed E-state index contributed by atoms with van der Waals surface area (Å²) >= 11 is 0. The third kappa shape index (κ3) is 8.36. The number of carbonyl (C=O) groups excluding carboxylic acids is 3. The molecule has 0 aliphatic carbocycles. The Morgan fingerprint density at radius 1 is 0.860 bits per heavy atom. The fourth-order valence-electron chi connectivity index (χ4n) is 4.75. The van der Waals surface area contributed by atoms with Gasteiger partial charge in [-0.2, -0.15) is 0 Å². The molecule has 10 nitrogen and oxygen atoms in total. The maximum Gasteiger partial charge on any atom is 0.338 e. The van der Waals surface area contributed by atoms with Crippen molar-refractivity contribution < 1.29 is 28.6 Å². The lowest BCUT2D eigenvalue weighted by Crippen LogP contribution is -2.46. The van der Waals surface area contributed by atoms with Gasteiger partial charge < -0.3 is 34.3 Å². The zero-order valence-corrected chi connectivity index (χ0v) is 24.8. The first-order chi connectivity index (χ1) is 20.9. The van der Waals surface area contributed by atoms with Crippen molar-refractivity contribution in [3.05, 3.63) is 95.7 Å². The Kier molecular flexibility index (Phi) is 11.2. The molecule has 4 rings (SSSR count). The number of rotatable bonds is 14. The van der Waals surface area contributed by atoms with Crippen molar-refractivity contribution >= 4 is 34.5 Å². The minimum absolute atomic E-state index is 0.154. The van der Waals surface area contributed by atoms with Gasteiger partial charge in [-0.05, 0) is 55.3 Å². The number of esters is 1. The lowest BCUT2D eigenvalue weighted by atomic mass is 10.1. The molecule has 3 aromatic carbocycles. The van der Waals surface area contributed by atoms with Crippen LogP contribution >= 0.6 is 0 Å². The molecule has 1 heterocycles. The molecule has 0 fully saturated rings. The number of benzene rings is 3. The van der Waals surface area contributed by atoms with Crippen LogP contribution in [0, 0.1) is 0 Å². The lowest BCUT2D eigenvalue weighted by Gasteiger charge is -2.28. The predicted octanol–water partition coefficient (Wildman–Crippen LogP) is 5.11. The van der Waals surface area contributed by atoms with E-state index in [1.807, 2.05) is 48.7 Å². The second-order valence-electron chi connectivity index (χ2n) is 9.88. The van der Waals surface area contributed by atoms with Crippen molar-refractivity contribution in [3.8, 4) is 5.75 Å². The smallest absolute Gasteiger partial charge is 0.338 e. The number of nitrogens with one attached hydrogen (secondary N) is 2. The highest BCUT2D eigenvalue weighted by atomic mass is 16.5. The fourth-order valence-corrected chi connectivity index (χ4v) is 4.75. The summed E-state index contributed by atoms with van der Waals surface area (Å²) < 4.78 is 15.8. The highest BCUT2D eigenvalue weighted by Gasteiger charge is 2.23. The van der Waals surface area contributed by atoms with E-state index in [2.05, 4.69) is 16.4 Å². The molecule has 0 radical (unpaired) electrons. The molecule has 43 heavy (non-hydrogen) atoms. The van der Waals surface area contributed by atoms with Crippen LogP contribution in [-0.4, -0.2) is 79.8 Å². The fraction of sp³-hybridized carbons (Fsp3) is 0.303. The van der Waals surface area contributed by atoms with E-state index in [1.54, 1.807) is 50.3 Å². The maximum atomic E-state index is 13.8. The van der Waals surface area contributed by atoms with E-state index in [0.29, 0.717) is 36.5 Å². The first-order valence-corrected chi connectivity index (χ1v) is 14.2. The van der Waals surface area contributed by atoms with Crippen LogP contribution in [0.5, 0.6) is 5.75 Å². The number of amides is 3. The van der Waals surface area contributed by atoms with E-state index in [0.717, 1.165) is 22.0 Å². The summed E-state index contributed by atoms with van der Waals surface area (Å²) in [5, 5.41) is 3.93. The Hall–Kier alpha value is -4.83. The third-order valence-electron chi connectivity index (χ3n) is 7.06. The van der Waals surface area contributed by atoms with Crippen LogP contribution in [-0.2, 0) is 27.2 Å². The molecule has 0 spiro atoms. The normalized spacial score (nSPS) is 10.8. The molecular formula is C33H38N4O6. The molecule has 0 bridgehead atoms. The van der Waals surface area contributed by atoms with Gasteiger partial charge in [0.15, 0.2) is 0 Å². The summed E-state index contributed by atoms with van der Waals surface area (Å²) in [6.07, 6.45) is 2.60. The molecule has 0 unspecified atom stereocenters. The van der Waals surface area contributed by atoms with E-state index in [9.17, 15) is 14.4 Å². The number of hydrogen-bond donors (Lipinski definition) is 2. The number of aromatic amines is 1. The molecule has 0 atom stereocenters. The van der Waals surface area contributed by atoms with Gasteiger partial charge in [0.2, 0.25) is 5.91 Å². The van der Waals surface area contributed by atoms with E-state index in [1.165, 1.54) is 4.90 Å². The Balaban J connectivity index is 1.50. The summed E-state index contributed by atoms with van der Waals surface area (Å²) in [5.41, 5.74) is 3.88. The summed E-state index contributed by atoms with van der Waals surface area (Å²) in [5.74, 6) is 0.0396. The van der Waals surface area contributed by atoms with E-state index < -0.39 is 12.0 Å². The molecule has 0 saturated heterocycles. The average molecular weight is 587 g/mol. The first-order valence-electron chi connectivity index (χ1n) is 14.2. The van der Waals surface area contributed by atoms with Crippen LogP contribution in [0.4, 0.5) is 10.5 Å². The standard InChI is InChI=1S/C33H38N4O6/c1-4-43-32(39)24-13-15-27(16-14-24)35-33(40)37(19-20-41-2)23-31(38)36(22-26-9-5-8-12-30(26)42-3)18-17-25-21-34-29-11-7-6-10-28(25)29/h5-16,21,34H,4,17-20,22-23H2,1-3H3,(H,35,40). The van der Waals surface area contributed by atoms with Crippen molar-refractivity contribution in [2.45, 2.75) is 19.9 Å². The number of nitrogens with zero attached hydrogens (tertiary/aromatic N) is 2. The van der Waals surface area contributed by atoms with Crippen LogP contribution in [0.1, 0.15) is 28.4 Å². The van der Waals surface area contributed by atoms with Crippen molar-refractivity contribution in [3.63, 3.8) is 0 Å². The number of fused-ring (bicyclic) bond motifs is 1. The molecule has 0 aliphatic heterocycles. The molecule has 2 N–H and O–H groups in total. The SMILES string of the molecule is CCOC(=O)c1ccc(NC(=O)N(CCOC)CC(=O)N(CCc2c[nH]c3ccccc23)Cc2ccccc2OC)cc1. The molecular weight excluding hydrogens is 548 g/mol. The van der Waals surface area contributed by atoms with Crippen molar-refractivity contribution in [1.82, 2.24) is 14.8 Å². The van der Waals surface area contributed by atoms with Crippen LogP contribution < -0.4 is 10.1 Å². The van der Waals surface area contributed by atoms with Crippen LogP contribution in [0.25, 0.3) is 10.9 Å². The molecule has 0 aliphatic rings.